The molecule has 0 saturated carbocycles. The second-order valence-corrected chi connectivity index (χ2v) is 3.71. The summed E-state index contributed by atoms with van der Waals surface area (Å²) in [6.45, 7) is 4.01. The number of halogens is 1. The van der Waals surface area contributed by atoms with E-state index in [0.717, 1.165) is 0 Å². The first-order chi connectivity index (χ1) is 7.58. The number of amides is 2. The molecule has 0 unspecified atom stereocenters. The van der Waals surface area contributed by atoms with Crippen LogP contribution in [-0.2, 0) is 0 Å². The fraction of sp³-hybridized carbons (Fsp3) is 0.250. The van der Waals surface area contributed by atoms with Gasteiger partial charge in [-0.2, -0.15) is 0 Å². The zero-order valence-corrected chi connectivity index (χ0v) is 9.33. The molecule has 1 aromatic carbocycles. The lowest BCUT2D eigenvalue weighted by Gasteiger charge is -2.04. The second kappa shape index (κ2) is 5.90. The van der Waals surface area contributed by atoms with Crippen molar-refractivity contribution in [3.63, 3.8) is 0 Å². The van der Waals surface area contributed by atoms with Crippen molar-refractivity contribution in [2.24, 2.45) is 5.92 Å². The van der Waals surface area contributed by atoms with E-state index in [1.165, 1.54) is 18.2 Å². The molecule has 0 bridgehead atoms. The van der Waals surface area contributed by atoms with Crippen LogP contribution in [0.1, 0.15) is 13.8 Å². The van der Waals surface area contributed by atoms with Gasteiger partial charge in [-0.1, -0.05) is 26.0 Å². The molecule has 2 N–H and O–H groups in total. The van der Waals surface area contributed by atoms with Gasteiger partial charge in [-0.05, 0) is 24.1 Å². The van der Waals surface area contributed by atoms with E-state index in [0.29, 0.717) is 11.6 Å². The smallest absolute Gasteiger partial charge is 0.315 e. The lowest BCUT2D eigenvalue weighted by Crippen LogP contribution is -2.23. The molecule has 0 heterocycles. The third kappa shape index (κ3) is 4.59. The highest BCUT2D eigenvalue weighted by Gasteiger charge is 1.99. The van der Waals surface area contributed by atoms with Crippen LogP contribution in [0.25, 0.3) is 0 Å². The van der Waals surface area contributed by atoms with Gasteiger partial charge in [-0.25, -0.2) is 9.18 Å². The van der Waals surface area contributed by atoms with Crippen molar-refractivity contribution >= 4 is 11.7 Å². The largest absolute Gasteiger partial charge is 0.323 e. The van der Waals surface area contributed by atoms with Crippen LogP contribution in [0.2, 0.25) is 0 Å². The van der Waals surface area contributed by atoms with Gasteiger partial charge >= 0.3 is 6.03 Å². The molecule has 0 fully saturated rings. The fourth-order valence-electron chi connectivity index (χ4n) is 1.05. The van der Waals surface area contributed by atoms with Crippen molar-refractivity contribution in [3.05, 3.63) is 42.4 Å². The number of carbonyl (C=O) groups is 1. The Morgan fingerprint density at radius 2 is 2.19 bits per heavy atom. The van der Waals surface area contributed by atoms with Crippen LogP contribution in [-0.4, -0.2) is 6.03 Å². The Morgan fingerprint density at radius 1 is 1.44 bits per heavy atom. The van der Waals surface area contributed by atoms with Crippen LogP contribution in [0.5, 0.6) is 0 Å². The van der Waals surface area contributed by atoms with E-state index in [4.69, 9.17) is 0 Å². The summed E-state index contributed by atoms with van der Waals surface area (Å²) < 4.78 is 12.8. The first kappa shape index (κ1) is 12.2. The van der Waals surface area contributed by atoms with Crippen LogP contribution < -0.4 is 10.6 Å². The number of rotatable bonds is 3. The summed E-state index contributed by atoms with van der Waals surface area (Å²) in [5.74, 6) is -0.00927. The lowest BCUT2D eigenvalue weighted by atomic mass is 10.2. The van der Waals surface area contributed by atoms with E-state index in [2.05, 4.69) is 10.6 Å². The van der Waals surface area contributed by atoms with Crippen molar-refractivity contribution in [3.8, 4) is 0 Å². The van der Waals surface area contributed by atoms with Crippen LogP contribution in [0, 0.1) is 11.7 Å². The van der Waals surface area contributed by atoms with Crippen molar-refractivity contribution in [1.82, 2.24) is 5.32 Å². The quantitative estimate of drug-likeness (QED) is 0.810. The number of urea groups is 1. The number of nitrogens with one attached hydrogen (secondary N) is 2. The Labute approximate surface area is 94.4 Å². The molecule has 0 aromatic heterocycles. The standard InChI is InChI=1S/C12H15FN2O/c1-9(2)6-7-14-12(16)15-11-5-3-4-10(13)8-11/h3-9H,1-2H3,(H2,14,15,16)/b7-6+. The molecule has 16 heavy (non-hydrogen) atoms. The van der Waals surface area contributed by atoms with Crippen LogP contribution >= 0.6 is 0 Å². The number of hydrogen-bond donors (Lipinski definition) is 2. The van der Waals surface area contributed by atoms with Crippen LogP contribution in [0.4, 0.5) is 14.9 Å². The molecule has 1 aromatic rings. The summed E-state index contributed by atoms with van der Waals surface area (Å²) in [7, 11) is 0. The summed E-state index contributed by atoms with van der Waals surface area (Å²) >= 11 is 0. The molecule has 4 heteroatoms. The number of anilines is 1. The maximum Gasteiger partial charge on any atom is 0.323 e. The highest BCUT2D eigenvalue weighted by atomic mass is 19.1. The summed E-state index contributed by atoms with van der Waals surface area (Å²) in [5.41, 5.74) is 0.426. The third-order valence-electron chi connectivity index (χ3n) is 1.78. The Balaban J connectivity index is 2.46. The molecule has 1 rings (SSSR count). The molecule has 3 nitrogen and oxygen atoms in total. The van der Waals surface area contributed by atoms with E-state index >= 15 is 0 Å². The van der Waals surface area contributed by atoms with Crippen LogP contribution in [0.15, 0.2) is 36.5 Å². The first-order valence-corrected chi connectivity index (χ1v) is 5.07. The van der Waals surface area contributed by atoms with Crippen molar-refractivity contribution in [2.75, 3.05) is 5.32 Å². The van der Waals surface area contributed by atoms with Gasteiger partial charge < -0.3 is 10.6 Å². The van der Waals surface area contributed by atoms with E-state index in [1.807, 2.05) is 19.9 Å². The second-order valence-electron chi connectivity index (χ2n) is 3.71. The molecular weight excluding hydrogens is 207 g/mol. The average Bonchev–Trinajstić information content (AvgIpc) is 2.16. The molecule has 86 valence electrons. The zero-order chi connectivity index (χ0) is 12.0. The van der Waals surface area contributed by atoms with Gasteiger partial charge in [0.1, 0.15) is 5.82 Å². The summed E-state index contributed by atoms with van der Waals surface area (Å²) in [4.78, 5) is 11.3. The normalized spacial score (nSPS) is 10.8. The fourth-order valence-corrected chi connectivity index (χ4v) is 1.05. The highest BCUT2D eigenvalue weighted by molar-refractivity contribution is 5.89. The average molecular weight is 222 g/mol. The number of allylic oxidation sites excluding steroid dienone is 1. The van der Waals surface area contributed by atoms with Gasteiger partial charge in [0.25, 0.3) is 0 Å². The molecule has 0 spiro atoms. The minimum absolute atomic E-state index is 0.370. The van der Waals surface area contributed by atoms with Crippen molar-refractivity contribution in [2.45, 2.75) is 13.8 Å². The van der Waals surface area contributed by atoms with Gasteiger partial charge in [0.15, 0.2) is 0 Å². The van der Waals surface area contributed by atoms with E-state index in [9.17, 15) is 9.18 Å². The Morgan fingerprint density at radius 3 is 2.81 bits per heavy atom. The van der Waals surface area contributed by atoms with E-state index in [1.54, 1.807) is 12.3 Å². The minimum atomic E-state index is -0.387. The Kier molecular flexibility index (Phi) is 4.51. The predicted octanol–water partition coefficient (Wildman–Crippen LogP) is 3.12. The molecule has 0 aliphatic heterocycles. The molecule has 0 saturated heterocycles. The van der Waals surface area contributed by atoms with Gasteiger partial charge in [-0.3, -0.25) is 0 Å². The first-order valence-electron chi connectivity index (χ1n) is 5.07. The number of benzene rings is 1. The van der Waals surface area contributed by atoms with E-state index < -0.39 is 0 Å². The number of hydrogen-bond acceptors (Lipinski definition) is 1. The van der Waals surface area contributed by atoms with Gasteiger partial charge in [0, 0.05) is 11.9 Å². The maximum absolute atomic E-state index is 12.8. The topological polar surface area (TPSA) is 41.1 Å². The van der Waals surface area contributed by atoms with Gasteiger partial charge in [-0.15, -0.1) is 0 Å². The van der Waals surface area contributed by atoms with Crippen molar-refractivity contribution < 1.29 is 9.18 Å². The molecule has 0 atom stereocenters. The number of carbonyl (C=O) groups excluding carboxylic acids is 1. The van der Waals surface area contributed by atoms with E-state index in [-0.39, 0.29) is 11.8 Å². The summed E-state index contributed by atoms with van der Waals surface area (Å²) in [5, 5.41) is 5.04. The third-order valence-corrected chi connectivity index (χ3v) is 1.78. The molecule has 0 aliphatic rings. The van der Waals surface area contributed by atoms with Gasteiger partial charge in [0.05, 0.1) is 0 Å². The van der Waals surface area contributed by atoms with Crippen LogP contribution in [0.3, 0.4) is 0 Å². The predicted molar refractivity (Wildman–Crippen MR) is 62.5 cm³/mol. The monoisotopic (exact) mass is 222 g/mol. The Bertz CT molecular complexity index is 388. The summed E-state index contributed by atoms with van der Waals surface area (Å²) in [6, 6.07) is 5.35. The van der Waals surface area contributed by atoms with Gasteiger partial charge in [0.2, 0.25) is 0 Å². The maximum atomic E-state index is 12.8. The Hall–Kier alpha value is -1.84. The lowest BCUT2D eigenvalue weighted by molar-refractivity contribution is 0.255. The SMILES string of the molecule is CC(C)/C=C/NC(=O)Nc1cccc(F)c1. The molecular formula is C12H15FN2O. The zero-order valence-electron chi connectivity index (χ0n) is 9.33. The highest BCUT2D eigenvalue weighted by Crippen LogP contribution is 2.08. The molecule has 0 radical (unpaired) electrons. The molecule has 0 aliphatic carbocycles. The van der Waals surface area contributed by atoms with Crippen molar-refractivity contribution in [1.29, 1.82) is 0 Å². The minimum Gasteiger partial charge on any atom is -0.315 e. The summed E-state index contributed by atoms with van der Waals surface area (Å²) in [6.07, 6.45) is 3.42. The molecule has 2 amide bonds.